The molecule has 1 aromatic carbocycles. The van der Waals surface area contributed by atoms with Crippen molar-refractivity contribution < 1.29 is 29.3 Å². The molecule has 0 radical (unpaired) electrons. The third-order valence-corrected chi connectivity index (χ3v) is 5.90. The number of hydrogen-bond donors (Lipinski definition) is 2. The summed E-state index contributed by atoms with van der Waals surface area (Å²) in [6, 6.07) is 9.50. The molecule has 0 bridgehead atoms. The van der Waals surface area contributed by atoms with E-state index in [4.69, 9.17) is 9.47 Å². The number of carbonyl (C=O) groups excluding carboxylic acids is 2. The minimum atomic E-state index is -1.94. The Bertz CT molecular complexity index is 689. The highest BCUT2D eigenvalue weighted by molar-refractivity contribution is 5.79. The van der Waals surface area contributed by atoms with Gasteiger partial charge >= 0.3 is 11.9 Å². The summed E-state index contributed by atoms with van der Waals surface area (Å²) >= 11 is 0. The van der Waals surface area contributed by atoms with Gasteiger partial charge in [-0.1, -0.05) is 30.3 Å². The average molecular weight is 391 g/mol. The predicted octanol–water partition coefficient (Wildman–Crippen LogP) is 0.910. The van der Waals surface area contributed by atoms with Gasteiger partial charge in [-0.3, -0.25) is 9.69 Å². The van der Waals surface area contributed by atoms with Crippen molar-refractivity contribution in [3.8, 4) is 0 Å². The average Bonchev–Trinajstić information content (AvgIpc) is 3.23. The Hall–Kier alpha value is -1.96. The number of benzene rings is 1. The molecule has 7 heteroatoms. The number of fused-ring (bicyclic) bond motifs is 1. The van der Waals surface area contributed by atoms with Crippen molar-refractivity contribution in [1.82, 2.24) is 4.90 Å². The quantitative estimate of drug-likeness (QED) is 0.667. The van der Waals surface area contributed by atoms with Crippen LogP contribution in [0.2, 0.25) is 0 Å². The van der Waals surface area contributed by atoms with Crippen LogP contribution in [-0.4, -0.2) is 70.6 Å². The van der Waals surface area contributed by atoms with Crippen LogP contribution in [0.5, 0.6) is 0 Å². The highest BCUT2D eigenvalue weighted by Crippen LogP contribution is 2.35. The minimum absolute atomic E-state index is 0.0176. The fraction of sp³-hybridized carbons (Fsp3) is 0.619. The summed E-state index contributed by atoms with van der Waals surface area (Å²) in [5, 5.41) is 19.6. The van der Waals surface area contributed by atoms with Crippen LogP contribution in [0.1, 0.15) is 32.3 Å². The molecule has 0 aliphatic carbocycles. The first-order valence-corrected chi connectivity index (χ1v) is 9.84. The standard InChI is InChI=1S/C21H29NO6/c1-14(23)21(2,26)20(25)27-13-16-8-10-22-11-9-17(19(16)22)28-18(24)12-15-6-4-3-5-7-15/h3-7,14,16-17,19,23,26H,8-13H2,1-2H3/t14-,16+,17-,19-,21+/m1/s1. The summed E-state index contributed by atoms with van der Waals surface area (Å²) in [5.74, 6) is -1.06. The maximum atomic E-state index is 12.3. The second-order valence-corrected chi connectivity index (χ2v) is 7.98. The van der Waals surface area contributed by atoms with Crippen molar-refractivity contribution in [2.75, 3.05) is 19.7 Å². The van der Waals surface area contributed by atoms with Crippen molar-refractivity contribution in [3.63, 3.8) is 0 Å². The van der Waals surface area contributed by atoms with E-state index in [1.165, 1.54) is 13.8 Å². The monoisotopic (exact) mass is 391 g/mol. The molecule has 0 aromatic heterocycles. The molecule has 0 spiro atoms. The summed E-state index contributed by atoms with van der Waals surface area (Å²) in [5.41, 5.74) is -1.02. The van der Waals surface area contributed by atoms with Crippen molar-refractivity contribution in [2.24, 2.45) is 5.92 Å². The molecule has 2 aliphatic heterocycles. The zero-order valence-electron chi connectivity index (χ0n) is 16.4. The summed E-state index contributed by atoms with van der Waals surface area (Å²) in [7, 11) is 0. The Balaban J connectivity index is 1.55. The SMILES string of the molecule is C[C@@H](O)[C@](C)(O)C(=O)OC[C@@H]1CCN2CC[C@@H](OC(=O)Cc3ccccc3)[C@@H]12. The highest BCUT2D eigenvalue weighted by Gasteiger charge is 2.47. The second-order valence-electron chi connectivity index (χ2n) is 7.98. The number of carbonyl (C=O) groups is 2. The maximum absolute atomic E-state index is 12.3. The maximum Gasteiger partial charge on any atom is 0.340 e. The first-order chi connectivity index (χ1) is 13.3. The molecule has 28 heavy (non-hydrogen) atoms. The third kappa shape index (κ3) is 4.54. The van der Waals surface area contributed by atoms with Crippen molar-refractivity contribution in [2.45, 2.75) is 57.0 Å². The molecule has 3 rings (SSSR count). The van der Waals surface area contributed by atoms with E-state index in [1.54, 1.807) is 0 Å². The number of rotatable bonds is 7. The second kappa shape index (κ2) is 8.59. The number of ether oxygens (including phenoxy) is 2. The largest absolute Gasteiger partial charge is 0.463 e. The van der Waals surface area contributed by atoms with E-state index in [1.807, 2.05) is 30.3 Å². The molecule has 154 valence electrons. The van der Waals surface area contributed by atoms with Gasteiger partial charge in [-0.15, -0.1) is 0 Å². The van der Waals surface area contributed by atoms with Crippen LogP contribution >= 0.6 is 0 Å². The Kier molecular flexibility index (Phi) is 6.37. The van der Waals surface area contributed by atoms with Gasteiger partial charge in [0, 0.05) is 12.5 Å². The molecule has 2 N–H and O–H groups in total. The van der Waals surface area contributed by atoms with E-state index >= 15 is 0 Å². The molecule has 2 aliphatic rings. The topological polar surface area (TPSA) is 96.3 Å². The molecule has 2 saturated heterocycles. The molecule has 2 heterocycles. The van der Waals surface area contributed by atoms with E-state index < -0.39 is 17.7 Å². The van der Waals surface area contributed by atoms with Crippen LogP contribution in [0, 0.1) is 5.92 Å². The molecule has 1 aromatic rings. The van der Waals surface area contributed by atoms with E-state index in [-0.39, 0.29) is 37.1 Å². The Morgan fingerprint density at radius 3 is 2.61 bits per heavy atom. The number of aliphatic hydroxyl groups is 2. The fourth-order valence-electron chi connectivity index (χ4n) is 4.00. The van der Waals surface area contributed by atoms with Gasteiger partial charge in [-0.2, -0.15) is 0 Å². The van der Waals surface area contributed by atoms with Gasteiger partial charge in [0.2, 0.25) is 0 Å². The van der Waals surface area contributed by atoms with E-state index in [2.05, 4.69) is 4.90 Å². The minimum Gasteiger partial charge on any atom is -0.463 e. The van der Waals surface area contributed by atoms with Crippen molar-refractivity contribution in [1.29, 1.82) is 0 Å². The molecule has 0 unspecified atom stereocenters. The first-order valence-electron chi connectivity index (χ1n) is 9.84. The van der Waals surface area contributed by atoms with Gasteiger partial charge in [-0.25, -0.2) is 4.79 Å². The fourth-order valence-corrected chi connectivity index (χ4v) is 4.00. The van der Waals surface area contributed by atoms with Crippen molar-refractivity contribution >= 4 is 11.9 Å². The van der Waals surface area contributed by atoms with Gasteiger partial charge in [0.25, 0.3) is 0 Å². The van der Waals surface area contributed by atoms with Gasteiger partial charge in [0.1, 0.15) is 6.10 Å². The lowest BCUT2D eigenvalue weighted by Crippen LogP contribution is -2.47. The summed E-state index contributed by atoms with van der Waals surface area (Å²) < 4.78 is 11.1. The molecule has 2 fully saturated rings. The number of nitrogens with zero attached hydrogens (tertiary/aromatic N) is 1. The normalized spacial score (nSPS) is 27.6. The van der Waals surface area contributed by atoms with E-state index in [9.17, 15) is 19.8 Å². The number of esters is 2. The molecule has 7 nitrogen and oxygen atoms in total. The van der Waals surface area contributed by atoms with Crippen LogP contribution in [0.25, 0.3) is 0 Å². The van der Waals surface area contributed by atoms with Gasteiger partial charge in [0.05, 0.1) is 25.2 Å². The zero-order chi connectivity index (χ0) is 20.3. The zero-order valence-corrected chi connectivity index (χ0v) is 16.4. The Morgan fingerprint density at radius 1 is 1.25 bits per heavy atom. The lowest BCUT2D eigenvalue weighted by molar-refractivity contribution is -0.176. The summed E-state index contributed by atoms with van der Waals surface area (Å²) in [6.45, 7) is 4.44. The van der Waals surface area contributed by atoms with Crippen LogP contribution in [0.3, 0.4) is 0 Å². The molecule has 0 amide bonds. The summed E-state index contributed by atoms with van der Waals surface area (Å²) in [6.07, 6.45) is 0.390. The van der Waals surface area contributed by atoms with Gasteiger partial charge in [0.15, 0.2) is 5.60 Å². The van der Waals surface area contributed by atoms with E-state index in [0.717, 1.165) is 31.5 Å². The lowest BCUT2D eigenvalue weighted by Gasteiger charge is -2.28. The van der Waals surface area contributed by atoms with E-state index in [0.29, 0.717) is 0 Å². The smallest absolute Gasteiger partial charge is 0.340 e. The Morgan fingerprint density at radius 2 is 1.93 bits per heavy atom. The lowest BCUT2D eigenvalue weighted by atomic mass is 9.96. The van der Waals surface area contributed by atoms with Gasteiger partial charge in [-0.05, 0) is 38.8 Å². The molecular weight excluding hydrogens is 362 g/mol. The molecule has 5 atom stereocenters. The first kappa shape index (κ1) is 20.8. The third-order valence-electron chi connectivity index (χ3n) is 5.90. The predicted molar refractivity (Wildman–Crippen MR) is 101 cm³/mol. The highest BCUT2D eigenvalue weighted by atomic mass is 16.6. The van der Waals surface area contributed by atoms with Crippen LogP contribution < -0.4 is 0 Å². The van der Waals surface area contributed by atoms with Crippen LogP contribution in [-0.2, 0) is 25.5 Å². The Labute approximate surface area is 165 Å². The number of aliphatic hydroxyl groups excluding tert-OH is 1. The molecular formula is C21H29NO6. The van der Waals surface area contributed by atoms with Crippen molar-refractivity contribution in [3.05, 3.63) is 35.9 Å². The molecule has 0 saturated carbocycles. The number of hydrogen-bond acceptors (Lipinski definition) is 7. The van der Waals surface area contributed by atoms with Crippen LogP contribution in [0.4, 0.5) is 0 Å². The summed E-state index contributed by atoms with van der Waals surface area (Å²) in [4.78, 5) is 26.7. The van der Waals surface area contributed by atoms with Crippen LogP contribution in [0.15, 0.2) is 30.3 Å². The van der Waals surface area contributed by atoms with Gasteiger partial charge < -0.3 is 19.7 Å².